The Hall–Kier alpha value is -1.01. The topological polar surface area (TPSA) is 97.8 Å². The molecule has 1 rings (SSSR count). The Morgan fingerprint density at radius 1 is 1.79 bits per heavy atom. The second-order valence-electron chi connectivity index (χ2n) is 3.27. The fourth-order valence-corrected chi connectivity index (χ4v) is 1.82. The summed E-state index contributed by atoms with van der Waals surface area (Å²) in [5, 5.41) is 0.824. The molecular formula is C8H14N4OS. The first-order chi connectivity index (χ1) is 6.52. The molecule has 0 aromatic carbocycles. The van der Waals surface area contributed by atoms with E-state index in [0.29, 0.717) is 12.2 Å². The molecule has 1 atom stereocenters. The van der Waals surface area contributed by atoms with Crippen LogP contribution >= 0.6 is 11.8 Å². The zero-order valence-corrected chi connectivity index (χ0v) is 8.80. The van der Waals surface area contributed by atoms with Gasteiger partial charge in [-0.25, -0.2) is 4.98 Å². The second kappa shape index (κ2) is 4.47. The standard InChI is InChI=1S/C8H14N4OS/c1-8(10,6(9)13)2-5-14-7-11-3-4-12-7/h3-4H,2,5,10H2,1H3,(H2,9,13)(H,11,12). The lowest BCUT2D eigenvalue weighted by Crippen LogP contribution is -2.49. The van der Waals surface area contributed by atoms with Crippen LogP contribution in [0.4, 0.5) is 0 Å². The number of carbonyl (C=O) groups is 1. The summed E-state index contributed by atoms with van der Waals surface area (Å²) in [6, 6.07) is 0. The van der Waals surface area contributed by atoms with Crippen molar-refractivity contribution in [3.8, 4) is 0 Å². The molecule has 0 saturated heterocycles. The lowest BCUT2D eigenvalue weighted by molar-refractivity contribution is -0.122. The maximum Gasteiger partial charge on any atom is 0.237 e. The van der Waals surface area contributed by atoms with Crippen molar-refractivity contribution in [2.45, 2.75) is 24.0 Å². The maximum absolute atomic E-state index is 10.9. The molecule has 0 fully saturated rings. The molecule has 0 radical (unpaired) electrons. The lowest BCUT2D eigenvalue weighted by Gasteiger charge is -2.19. The van der Waals surface area contributed by atoms with Gasteiger partial charge < -0.3 is 16.5 Å². The van der Waals surface area contributed by atoms with Crippen molar-refractivity contribution in [3.63, 3.8) is 0 Å². The molecule has 1 aromatic heterocycles. The minimum absolute atomic E-state index is 0.474. The van der Waals surface area contributed by atoms with Gasteiger partial charge in [-0.1, -0.05) is 11.8 Å². The molecule has 0 spiro atoms. The molecule has 0 aliphatic heterocycles. The number of aromatic nitrogens is 2. The number of carbonyl (C=O) groups excluding carboxylic acids is 1. The van der Waals surface area contributed by atoms with Crippen LogP contribution in [0.2, 0.25) is 0 Å². The van der Waals surface area contributed by atoms with Gasteiger partial charge in [0.2, 0.25) is 5.91 Å². The van der Waals surface area contributed by atoms with Crippen molar-refractivity contribution in [2.24, 2.45) is 11.5 Å². The normalized spacial score (nSPS) is 15.0. The Balaban J connectivity index is 2.31. The minimum atomic E-state index is -0.931. The average Bonchev–Trinajstić information content (AvgIpc) is 2.56. The zero-order chi connectivity index (χ0) is 10.6. The summed E-state index contributed by atoms with van der Waals surface area (Å²) >= 11 is 1.52. The van der Waals surface area contributed by atoms with E-state index >= 15 is 0 Å². The van der Waals surface area contributed by atoms with Gasteiger partial charge in [-0.05, 0) is 13.3 Å². The van der Waals surface area contributed by atoms with Gasteiger partial charge >= 0.3 is 0 Å². The summed E-state index contributed by atoms with van der Waals surface area (Å²) < 4.78 is 0. The summed E-state index contributed by atoms with van der Waals surface area (Å²) in [5.74, 6) is 0.237. The number of nitrogens with zero attached hydrogens (tertiary/aromatic N) is 1. The number of nitrogens with one attached hydrogen (secondary N) is 1. The molecular weight excluding hydrogens is 200 g/mol. The summed E-state index contributed by atoms with van der Waals surface area (Å²) in [7, 11) is 0. The van der Waals surface area contributed by atoms with Gasteiger partial charge in [0.25, 0.3) is 0 Å². The molecule has 0 saturated carbocycles. The van der Waals surface area contributed by atoms with Crippen molar-refractivity contribution in [1.82, 2.24) is 9.97 Å². The number of thioether (sulfide) groups is 1. The third kappa shape index (κ3) is 3.04. The summed E-state index contributed by atoms with van der Waals surface area (Å²) in [6.07, 6.45) is 3.96. The number of primary amides is 1. The number of hydrogen-bond donors (Lipinski definition) is 3. The van der Waals surface area contributed by atoms with Crippen LogP contribution in [-0.2, 0) is 4.79 Å². The second-order valence-corrected chi connectivity index (χ2v) is 4.36. The predicted octanol–water partition coefficient (Wildman–Crippen LogP) is 0.0946. The third-order valence-corrected chi connectivity index (χ3v) is 2.80. The van der Waals surface area contributed by atoms with Crippen LogP contribution in [0.1, 0.15) is 13.3 Å². The highest BCUT2D eigenvalue weighted by molar-refractivity contribution is 7.99. The largest absolute Gasteiger partial charge is 0.368 e. The number of imidazole rings is 1. The number of nitrogens with two attached hydrogens (primary N) is 2. The van der Waals surface area contributed by atoms with Crippen LogP contribution in [0.3, 0.4) is 0 Å². The Morgan fingerprint density at radius 2 is 2.50 bits per heavy atom. The van der Waals surface area contributed by atoms with Gasteiger partial charge in [0, 0.05) is 18.1 Å². The molecule has 5 N–H and O–H groups in total. The molecule has 1 unspecified atom stereocenters. The first-order valence-electron chi connectivity index (χ1n) is 4.23. The van der Waals surface area contributed by atoms with E-state index in [4.69, 9.17) is 11.5 Å². The van der Waals surface area contributed by atoms with Crippen LogP contribution < -0.4 is 11.5 Å². The monoisotopic (exact) mass is 214 g/mol. The number of aromatic amines is 1. The average molecular weight is 214 g/mol. The molecule has 0 bridgehead atoms. The molecule has 0 aliphatic carbocycles. The zero-order valence-electron chi connectivity index (χ0n) is 7.99. The van der Waals surface area contributed by atoms with Crippen LogP contribution in [0.25, 0.3) is 0 Å². The van der Waals surface area contributed by atoms with E-state index in [-0.39, 0.29) is 0 Å². The van der Waals surface area contributed by atoms with E-state index in [9.17, 15) is 4.79 Å². The minimum Gasteiger partial charge on any atom is -0.368 e. The SMILES string of the molecule is CC(N)(CCSc1ncc[nH]1)C(N)=O. The van der Waals surface area contributed by atoms with E-state index in [2.05, 4.69) is 9.97 Å². The van der Waals surface area contributed by atoms with E-state index in [1.165, 1.54) is 11.8 Å². The molecule has 1 aromatic rings. The summed E-state index contributed by atoms with van der Waals surface area (Å²) in [5.41, 5.74) is 9.88. The van der Waals surface area contributed by atoms with E-state index in [0.717, 1.165) is 5.16 Å². The molecule has 14 heavy (non-hydrogen) atoms. The summed E-state index contributed by atoms with van der Waals surface area (Å²) in [6.45, 7) is 1.64. The highest BCUT2D eigenvalue weighted by Crippen LogP contribution is 2.16. The van der Waals surface area contributed by atoms with Gasteiger partial charge in [-0.15, -0.1) is 0 Å². The number of rotatable bonds is 5. The number of amides is 1. The van der Waals surface area contributed by atoms with Gasteiger partial charge in [0.1, 0.15) is 0 Å². The fourth-order valence-electron chi connectivity index (χ4n) is 0.813. The molecule has 78 valence electrons. The van der Waals surface area contributed by atoms with Gasteiger partial charge in [0.15, 0.2) is 5.16 Å². The quantitative estimate of drug-likeness (QED) is 0.605. The first kappa shape index (κ1) is 11.1. The third-order valence-electron chi connectivity index (χ3n) is 1.90. The van der Waals surface area contributed by atoms with Crippen LogP contribution in [0.5, 0.6) is 0 Å². The maximum atomic E-state index is 10.9. The predicted molar refractivity (Wildman–Crippen MR) is 55.7 cm³/mol. The van der Waals surface area contributed by atoms with Crippen molar-refractivity contribution in [2.75, 3.05) is 5.75 Å². The molecule has 5 nitrogen and oxygen atoms in total. The van der Waals surface area contributed by atoms with Crippen molar-refractivity contribution in [1.29, 1.82) is 0 Å². The summed E-state index contributed by atoms with van der Waals surface area (Å²) in [4.78, 5) is 17.9. The number of hydrogen-bond acceptors (Lipinski definition) is 4. The molecule has 1 heterocycles. The van der Waals surface area contributed by atoms with E-state index in [1.54, 1.807) is 19.3 Å². The smallest absolute Gasteiger partial charge is 0.237 e. The highest BCUT2D eigenvalue weighted by atomic mass is 32.2. The molecule has 0 aliphatic rings. The molecule has 1 amide bonds. The number of H-pyrrole nitrogens is 1. The fraction of sp³-hybridized carbons (Fsp3) is 0.500. The van der Waals surface area contributed by atoms with Crippen molar-refractivity contribution in [3.05, 3.63) is 12.4 Å². The van der Waals surface area contributed by atoms with E-state index < -0.39 is 11.4 Å². The van der Waals surface area contributed by atoms with Crippen molar-refractivity contribution >= 4 is 17.7 Å². The lowest BCUT2D eigenvalue weighted by atomic mass is 10.0. The molecule has 6 heteroatoms. The first-order valence-corrected chi connectivity index (χ1v) is 5.22. The van der Waals surface area contributed by atoms with Gasteiger partial charge in [-0.3, -0.25) is 4.79 Å². The van der Waals surface area contributed by atoms with Crippen LogP contribution in [-0.4, -0.2) is 27.2 Å². The Labute approximate surface area is 86.6 Å². The van der Waals surface area contributed by atoms with Gasteiger partial charge in [-0.2, -0.15) is 0 Å². The van der Waals surface area contributed by atoms with Crippen LogP contribution in [0, 0.1) is 0 Å². The Morgan fingerprint density at radius 3 is 3.00 bits per heavy atom. The van der Waals surface area contributed by atoms with Gasteiger partial charge in [0.05, 0.1) is 5.54 Å². The Bertz CT molecular complexity index is 296. The van der Waals surface area contributed by atoms with Crippen LogP contribution in [0.15, 0.2) is 17.6 Å². The Kier molecular flexibility index (Phi) is 3.54. The van der Waals surface area contributed by atoms with E-state index in [1.807, 2.05) is 0 Å². The highest BCUT2D eigenvalue weighted by Gasteiger charge is 2.24. The van der Waals surface area contributed by atoms with Crippen molar-refractivity contribution < 1.29 is 4.79 Å².